The van der Waals surface area contributed by atoms with Crippen LogP contribution in [0.15, 0.2) is 97.2 Å². The Hall–Kier alpha value is -3.67. The third-order valence-electron chi connectivity index (χ3n) is 13.1. The highest BCUT2D eigenvalue weighted by atomic mass is 16.6. The van der Waals surface area contributed by atoms with E-state index in [1.165, 1.54) is 154 Å². The number of hydrogen-bond acceptors (Lipinski definition) is 6. The first-order valence-electron chi connectivity index (χ1n) is 30.8. The second-order valence-corrected chi connectivity index (χ2v) is 20.3. The molecule has 0 heterocycles. The van der Waals surface area contributed by atoms with Gasteiger partial charge in [-0.1, -0.05) is 253 Å². The minimum absolute atomic E-state index is 0.0915. The van der Waals surface area contributed by atoms with Gasteiger partial charge in [0.2, 0.25) is 0 Å². The third kappa shape index (κ3) is 59.1. The van der Waals surface area contributed by atoms with Gasteiger partial charge in [-0.15, -0.1) is 0 Å². The van der Waals surface area contributed by atoms with E-state index in [1.807, 2.05) is 0 Å². The van der Waals surface area contributed by atoms with Crippen molar-refractivity contribution in [2.45, 2.75) is 297 Å². The van der Waals surface area contributed by atoms with Crippen molar-refractivity contribution < 1.29 is 28.6 Å². The Morgan fingerprint density at radius 3 is 0.973 bits per heavy atom. The average molecular weight is 1020 g/mol. The van der Waals surface area contributed by atoms with Crippen molar-refractivity contribution in [3.05, 3.63) is 97.2 Å². The van der Waals surface area contributed by atoms with Gasteiger partial charge in [0.05, 0.1) is 0 Å². The number of esters is 3. The van der Waals surface area contributed by atoms with Gasteiger partial charge >= 0.3 is 17.9 Å². The first-order chi connectivity index (χ1) is 36.0. The molecule has 0 saturated heterocycles. The fourth-order valence-corrected chi connectivity index (χ4v) is 8.46. The molecule has 0 N–H and O–H groups in total. The zero-order chi connectivity index (χ0) is 52.9. The van der Waals surface area contributed by atoms with E-state index in [2.05, 4.69) is 118 Å². The number of carbonyl (C=O) groups excluding carboxylic acids is 3. The van der Waals surface area contributed by atoms with E-state index in [4.69, 9.17) is 14.2 Å². The summed E-state index contributed by atoms with van der Waals surface area (Å²) in [6.45, 7) is 6.48. The van der Waals surface area contributed by atoms with E-state index in [9.17, 15) is 14.4 Å². The molecule has 0 aliphatic carbocycles. The molecule has 0 amide bonds. The topological polar surface area (TPSA) is 78.9 Å². The van der Waals surface area contributed by atoms with E-state index in [0.29, 0.717) is 19.3 Å². The quantitative estimate of drug-likeness (QED) is 0.0199. The van der Waals surface area contributed by atoms with Gasteiger partial charge in [0.1, 0.15) is 13.2 Å². The highest BCUT2D eigenvalue weighted by molar-refractivity contribution is 5.71. The molecule has 6 nitrogen and oxygen atoms in total. The summed E-state index contributed by atoms with van der Waals surface area (Å²) in [5, 5.41) is 0. The molecule has 0 aromatic carbocycles. The second kappa shape index (κ2) is 60.9. The van der Waals surface area contributed by atoms with Crippen molar-refractivity contribution in [3.63, 3.8) is 0 Å². The van der Waals surface area contributed by atoms with E-state index in [-0.39, 0.29) is 31.1 Å². The first-order valence-corrected chi connectivity index (χ1v) is 30.8. The zero-order valence-electron chi connectivity index (χ0n) is 47.9. The number of carbonyl (C=O) groups is 3. The largest absolute Gasteiger partial charge is 0.462 e. The monoisotopic (exact) mass is 1010 g/mol. The molecule has 1 unspecified atom stereocenters. The first kappa shape index (κ1) is 69.3. The molecule has 0 aliphatic heterocycles. The van der Waals surface area contributed by atoms with Gasteiger partial charge in [0.15, 0.2) is 6.10 Å². The molecule has 0 bridgehead atoms. The SMILES string of the molecule is CC/C=C\C/C=C\C/C=C\C/C=C\C/C=C\CCCCCC(=O)OCC(COC(=O)CCCCCCCCC/C=C\CCCCCCCC)OC(=O)CCCCCCCCCCCC/C=C\C=C/CCCCC. The molecule has 0 spiro atoms. The standard InChI is InChI=1S/C67H114O6/c1-4-7-10-13-16-19-22-25-28-31-33-36-39-42-45-48-51-54-57-60-66(69)72-63-64(62-71-65(68)59-56-53-50-47-44-41-38-35-30-27-24-21-18-15-12-9-6-3)73-67(70)61-58-55-52-49-46-43-40-37-34-32-29-26-23-20-17-14-11-8-5-2/h7,10,16-17,19-20,23,25-28,30,33,36,42,45,64H,4-6,8-9,11-15,18,21-22,24,29,31-32,34-35,37-41,43-44,46-63H2,1-3H3/b10-7-,19-16-,20-17-,26-23-,28-25-,30-27-,36-33-,45-42-. The Labute approximate surface area is 451 Å². The van der Waals surface area contributed by atoms with E-state index in [0.717, 1.165) is 96.3 Å². The van der Waals surface area contributed by atoms with Crippen molar-refractivity contribution in [2.24, 2.45) is 0 Å². The lowest BCUT2D eigenvalue weighted by Gasteiger charge is -2.18. The number of hydrogen-bond donors (Lipinski definition) is 0. The Kier molecular flexibility index (Phi) is 57.8. The highest BCUT2D eigenvalue weighted by Crippen LogP contribution is 2.15. The molecule has 418 valence electrons. The predicted molar refractivity (Wildman–Crippen MR) is 316 cm³/mol. The smallest absolute Gasteiger partial charge is 0.306 e. The van der Waals surface area contributed by atoms with E-state index >= 15 is 0 Å². The molecule has 0 saturated carbocycles. The highest BCUT2D eigenvalue weighted by Gasteiger charge is 2.19. The molecule has 73 heavy (non-hydrogen) atoms. The lowest BCUT2D eigenvalue weighted by atomic mass is 10.1. The number of unbranched alkanes of at least 4 members (excludes halogenated alkanes) is 29. The Morgan fingerprint density at radius 2 is 0.575 bits per heavy atom. The van der Waals surface area contributed by atoms with Gasteiger partial charge in [-0.05, 0) is 116 Å². The van der Waals surface area contributed by atoms with Gasteiger partial charge in [0.25, 0.3) is 0 Å². The Balaban J connectivity index is 4.45. The van der Waals surface area contributed by atoms with Crippen LogP contribution in [0, 0.1) is 0 Å². The predicted octanol–water partition coefficient (Wildman–Crippen LogP) is 20.9. The van der Waals surface area contributed by atoms with Crippen molar-refractivity contribution >= 4 is 17.9 Å². The van der Waals surface area contributed by atoms with E-state index < -0.39 is 6.10 Å². The molecule has 0 aromatic rings. The van der Waals surface area contributed by atoms with Crippen molar-refractivity contribution in [1.29, 1.82) is 0 Å². The molecule has 0 aliphatic rings. The van der Waals surface area contributed by atoms with Gasteiger partial charge in [-0.2, -0.15) is 0 Å². The second-order valence-electron chi connectivity index (χ2n) is 20.3. The van der Waals surface area contributed by atoms with Crippen LogP contribution in [-0.4, -0.2) is 37.2 Å². The fourth-order valence-electron chi connectivity index (χ4n) is 8.46. The number of allylic oxidation sites excluding steroid dienone is 16. The van der Waals surface area contributed by atoms with Crippen LogP contribution in [0.5, 0.6) is 0 Å². The molecular weight excluding hydrogens is 901 g/mol. The molecule has 0 rings (SSSR count). The minimum atomic E-state index is -0.797. The van der Waals surface area contributed by atoms with Gasteiger partial charge in [-0.25, -0.2) is 0 Å². The summed E-state index contributed by atoms with van der Waals surface area (Å²) < 4.78 is 16.9. The van der Waals surface area contributed by atoms with Crippen LogP contribution in [0.2, 0.25) is 0 Å². The average Bonchev–Trinajstić information content (AvgIpc) is 3.39. The van der Waals surface area contributed by atoms with Crippen LogP contribution in [0.4, 0.5) is 0 Å². The summed E-state index contributed by atoms with van der Waals surface area (Å²) in [7, 11) is 0. The maximum Gasteiger partial charge on any atom is 0.306 e. The summed E-state index contributed by atoms with van der Waals surface area (Å²) in [4.78, 5) is 38.3. The lowest BCUT2D eigenvalue weighted by Crippen LogP contribution is -2.30. The van der Waals surface area contributed by atoms with Crippen LogP contribution in [0.3, 0.4) is 0 Å². The van der Waals surface area contributed by atoms with Crippen LogP contribution in [0.25, 0.3) is 0 Å². The molecule has 6 heteroatoms. The summed E-state index contributed by atoms with van der Waals surface area (Å²) in [6.07, 6.45) is 81.1. The summed E-state index contributed by atoms with van der Waals surface area (Å²) >= 11 is 0. The van der Waals surface area contributed by atoms with Crippen molar-refractivity contribution in [1.82, 2.24) is 0 Å². The molecule has 1 atom stereocenters. The number of rotatable bonds is 55. The summed E-state index contributed by atoms with van der Waals surface area (Å²) in [6, 6.07) is 0. The van der Waals surface area contributed by atoms with Crippen LogP contribution < -0.4 is 0 Å². The van der Waals surface area contributed by atoms with Crippen LogP contribution >= 0.6 is 0 Å². The minimum Gasteiger partial charge on any atom is -0.462 e. The van der Waals surface area contributed by atoms with Crippen LogP contribution in [0.1, 0.15) is 290 Å². The van der Waals surface area contributed by atoms with Crippen molar-refractivity contribution in [3.8, 4) is 0 Å². The number of ether oxygens (including phenoxy) is 3. The van der Waals surface area contributed by atoms with Crippen molar-refractivity contribution in [2.75, 3.05) is 13.2 Å². The van der Waals surface area contributed by atoms with E-state index in [1.54, 1.807) is 0 Å². The Morgan fingerprint density at radius 1 is 0.301 bits per heavy atom. The molecule has 0 aromatic heterocycles. The lowest BCUT2D eigenvalue weighted by molar-refractivity contribution is -0.167. The Bertz CT molecular complexity index is 1440. The van der Waals surface area contributed by atoms with Gasteiger partial charge in [-0.3, -0.25) is 14.4 Å². The normalized spacial score (nSPS) is 12.8. The third-order valence-corrected chi connectivity index (χ3v) is 13.1. The van der Waals surface area contributed by atoms with Crippen LogP contribution in [-0.2, 0) is 28.6 Å². The maximum absolute atomic E-state index is 12.9. The molecule has 0 fully saturated rings. The maximum atomic E-state index is 12.9. The fraction of sp³-hybridized carbons (Fsp3) is 0.716. The zero-order valence-corrected chi connectivity index (χ0v) is 47.9. The van der Waals surface area contributed by atoms with Gasteiger partial charge < -0.3 is 14.2 Å². The molecule has 0 radical (unpaired) electrons. The molecular formula is C67H114O6. The summed E-state index contributed by atoms with van der Waals surface area (Å²) in [5.74, 6) is -0.925. The summed E-state index contributed by atoms with van der Waals surface area (Å²) in [5.41, 5.74) is 0. The van der Waals surface area contributed by atoms with Gasteiger partial charge in [0, 0.05) is 19.3 Å².